The highest BCUT2D eigenvalue weighted by molar-refractivity contribution is 9.10. The molecule has 1 aromatic rings. The predicted octanol–water partition coefficient (Wildman–Crippen LogP) is 2.20. The number of nitrogens with two attached hydrogens (primary N) is 1. The van der Waals surface area contributed by atoms with E-state index in [-0.39, 0.29) is 46.6 Å². The first kappa shape index (κ1) is 30.8. The number of aliphatic hydroxyl groups excluding tert-OH is 2. The number of alkyl halides is 1. The Labute approximate surface area is 243 Å². The Kier molecular flexibility index (Phi) is 8.17. The number of carbonyl (C=O) groups excluding carboxylic acids is 4. The van der Waals surface area contributed by atoms with Gasteiger partial charge in [-0.05, 0) is 57.8 Å². The molecule has 7 N–H and O–H groups in total. The number of benzene rings is 1. The Hall–Kier alpha value is -2.74. The largest absolute Gasteiger partial charge is 0.510 e. The molecule has 3 aliphatic carbocycles. The van der Waals surface area contributed by atoms with Gasteiger partial charge in [0.2, 0.25) is 11.7 Å². The van der Waals surface area contributed by atoms with E-state index in [1.807, 2.05) is 0 Å². The number of likely N-dealkylation sites (N-methyl/N-ethyl adjacent to an activating group) is 1. The number of aromatic hydroxyl groups is 1. The number of phenols is 1. The van der Waals surface area contributed by atoms with Crippen LogP contribution >= 0.6 is 32.9 Å². The molecule has 0 radical (unpaired) electrons. The summed E-state index contributed by atoms with van der Waals surface area (Å²) in [6.45, 7) is 3.46. The van der Waals surface area contributed by atoms with Crippen molar-refractivity contribution in [3.05, 3.63) is 45.9 Å². The zero-order chi connectivity index (χ0) is 28.5. The smallest absolute Gasteiger partial charge is 0.255 e. The number of aliphatic hydroxyl groups is 3. The van der Waals surface area contributed by atoms with Gasteiger partial charge in [0.25, 0.3) is 5.91 Å². The molecule has 11 nitrogen and oxygen atoms in total. The molecular weight excluding hydrogens is 642 g/mol. The number of Topliss-reactive ketones (excluding diaryl/α,β-unsaturated/α-hetero) is 2. The Balaban J connectivity index is 0.00000420. The summed E-state index contributed by atoms with van der Waals surface area (Å²) in [4.78, 5) is 53.2. The lowest BCUT2D eigenvalue weighted by Gasteiger charge is -2.50. The molecule has 0 bridgehead atoms. The molecule has 0 fully saturated rings. The molecule has 1 aromatic carbocycles. The van der Waals surface area contributed by atoms with Crippen LogP contribution in [0.1, 0.15) is 42.6 Å². The van der Waals surface area contributed by atoms with Crippen molar-refractivity contribution in [2.45, 2.75) is 49.1 Å². The lowest BCUT2D eigenvalue weighted by Crippen LogP contribution is -2.63. The first-order valence-electron chi connectivity index (χ1n) is 12.1. The van der Waals surface area contributed by atoms with Gasteiger partial charge in [0.1, 0.15) is 21.4 Å². The fourth-order valence-corrected chi connectivity index (χ4v) is 5.84. The van der Waals surface area contributed by atoms with Crippen molar-refractivity contribution in [3.8, 4) is 5.75 Å². The van der Waals surface area contributed by atoms with Crippen LogP contribution < -0.4 is 11.1 Å². The number of primary amides is 1. The van der Waals surface area contributed by atoms with Crippen molar-refractivity contribution in [1.29, 1.82) is 0 Å². The third-order valence-corrected chi connectivity index (χ3v) is 8.90. The van der Waals surface area contributed by atoms with Crippen molar-refractivity contribution >= 4 is 62.0 Å². The molecule has 3 aliphatic rings. The summed E-state index contributed by atoms with van der Waals surface area (Å²) < 4.78 is -0.922. The van der Waals surface area contributed by atoms with Crippen LogP contribution in [0.15, 0.2) is 34.8 Å². The van der Waals surface area contributed by atoms with Gasteiger partial charge >= 0.3 is 0 Å². The maximum Gasteiger partial charge on any atom is 0.255 e. The van der Waals surface area contributed by atoms with Gasteiger partial charge in [0, 0.05) is 11.5 Å². The van der Waals surface area contributed by atoms with E-state index in [1.165, 1.54) is 11.0 Å². The molecule has 0 aliphatic heterocycles. The molecule has 212 valence electrons. The van der Waals surface area contributed by atoms with E-state index < -0.39 is 74.0 Å². The molecule has 2 amide bonds. The molecule has 39 heavy (non-hydrogen) atoms. The molecule has 5 atom stereocenters. The van der Waals surface area contributed by atoms with Gasteiger partial charge in [-0.1, -0.05) is 28.9 Å². The van der Waals surface area contributed by atoms with Crippen LogP contribution in [0.5, 0.6) is 5.75 Å². The maximum atomic E-state index is 13.7. The van der Waals surface area contributed by atoms with Crippen LogP contribution in [0, 0.1) is 11.8 Å². The van der Waals surface area contributed by atoms with E-state index in [4.69, 9.17) is 5.73 Å². The monoisotopic (exact) mass is 671 g/mol. The second kappa shape index (κ2) is 10.3. The minimum atomic E-state index is -2.70. The Bertz CT molecular complexity index is 1350. The van der Waals surface area contributed by atoms with Gasteiger partial charge in [0.15, 0.2) is 17.1 Å². The number of hydrogen-bond donors (Lipinski definition) is 6. The lowest BCUT2D eigenvalue weighted by molar-refractivity contribution is -0.148. The first-order chi connectivity index (χ1) is 17.6. The number of fused-ring (bicyclic) bond motifs is 3. The van der Waals surface area contributed by atoms with Crippen LogP contribution in [0.4, 0.5) is 5.69 Å². The quantitative estimate of drug-likeness (QED) is 0.155. The summed E-state index contributed by atoms with van der Waals surface area (Å²) in [5.74, 6) is -7.66. The number of carbonyl (C=O) groups is 4. The van der Waals surface area contributed by atoms with Crippen LogP contribution in [-0.4, -0.2) is 78.8 Å². The third kappa shape index (κ3) is 4.48. The van der Waals surface area contributed by atoms with Gasteiger partial charge in [-0.25, -0.2) is 0 Å². The normalized spacial score (nSPS) is 27.7. The average Bonchev–Trinajstić information content (AvgIpc) is 2.82. The Morgan fingerprint density at radius 2 is 1.85 bits per heavy atom. The van der Waals surface area contributed by atoms with E-state index in [0.717, 1.165) is 0 Å². The van der Waals surface area contributed by atoms with Crippen molar-refractivity contribution in [1.82, 2.24) is 4.90 Å². The standard InChI is InChI=1S/C26H30BrN3O8.BrH/c1-5-25(2,27)24(37)29-13-7-6-10-8-11-9-12-17(30(3)4)20(33)16(23(28)36)22(35)26(12,38)21(34)15(11)19(32)14(10)18(13)31;/h6-7,11-12,17,31,33-34,38H,5,8-9H2,1-4H3,(H2,28,36)(H,29,37);1H/t11?,12?,17-,25?,26?;/m0./s1. The molecule has 13 heteroatoms. The number of ketones is 2. The van der Waals surface area contributed by atoms with E-state index in [0.29, 0.717) is 12.0 Å². The molecule has 4 rings (SSSR count). The molecular formula is C26H31Br2N3O8. The van der Waals surface area contributed by atoms with Gasteiger partial charge < -0.3 is 31.5 Å². The number of hydrogen-bond acceptors (Lipinski definition) is 9. The zero-order valence-electron chi connectivity index (χ0n) is 21.7. The number of halogens is 2. The molecule has 0 spiro atoms. The number of nitrogens with one attached hydrogen (secondary N) is 1. The van der Waals surface area contributed by atoms with E-state index in [2.05, 4.69) is 21.2 Å². The highest BCUT2D eigenvalue weighted by Crippen LogP contribution is 2.52. The Morgan fingerprint density at radius 1 is 1.23 bits per heavy atom. The van der Waals surface area contributed by atoms with Crippen LogP contribution in [0.3, 0.4) is 0 Å². The summed E-state index contributed by atoms with van der Waals surface area (Å²) in [6.07, 6.45) is 0.621. The summed E-state index contributed by atoms with van der Waals surface area (Å²) in [6, 6.07) is 2.02. The second-order valence-corrected chi connectivity index (χ2v) is 12.2. The maximum absolute atomic E-state index is 13.7. The number of allylic oxidation sites excluding steroid dienone is 1. The van der Waals surface area contributed by atoms with Crippen molar-refractivity contribution in [2.24, 2.45) is 17.6 Å². The van der Waals surface area contributed by atoms with Crippen molar-refractivity contribution in [3.63, 3.8) is 0 Å². The second-order valence-electron chi connectivity index (χ2n) is 10.5. The molecule has 0 aromatic heterocycles. The minimum Gasteiger partial charge on any atom is -0.510 e. The molecule has 0 heterocycles. The SMILES string of the molecule is Br.CCC(C)(Br)C(=O)Nc1ccc2c(c1O)C(=O)C1=C(O)C3(O)C(=O)C(C(N)=O)=C(O)[C@@H](N(C)C)C3CC1C2. The van der Waals surface area contributed by atoms with Gasteiger partial charge in [-0.2, -0.15) is 0 Å². The number of nitrogens with zero attached hydrogens (tertiary/aromatic N) is 1. The van der Waals surface area contributed by atoms with Crippen molar-refractivity contribution < 1.29 is 39.6 Å². The average molecular weight is 673 g/mol. The van der Waals surface area contributed by atoms with E-state index >= 15 is 0 Å². The first-order valence-corrected chi connectivity index (χ1v) is 12.9. The molecule has 0 saturated heterocycles. The fraction of sp³-hybridized carbons (Fsp3) is 0.462. The third-order valence-electron chi connectivity index (χ3n) is 7.98. The summed E-state index contributed by atoms with van der Waals surface area (Å²) in [7, 11) is 3.13. The summed E-state index contributed by atoms with van der Waals surface area (Å²) in [5.41, 5.74) is 1.78. The van der Waals surface area contributed by atoms with Gasteiger partial charge in [0.05, 0.1) is 17.3 Å². The highest BCUT2D eigenvalue weighted by Gasteiger charge is 2.63. The zero-order valence-corrected chi connectivity index (χ0v) is 25.0. The highest BCUT2D eigenvalue weighted by atomic mass is 79.9. The minimum absolute atomic E-state index is 0. The van der Waals surface area contributed by atoms with Gasteiger partial charge in [-0.3, -0.25) is 24.1 Å². The number of phenolic OH excluding ortho intramolecular Hbond substituents is 1. The van der Waals surface area contributed by atoms with Crippen LogP contribution in [-0.2, 0) is 20.8 Å². The van der Waals surface area contributed by atoms with Crippen molar-refractivity contribution in [2.75, 3.05) is 19.4 Å². The van der Waals surface area contributed by atoms with Crippen LogP contribution in [0.2, 0.25) is 0 Å². The number of rotatable bonds is 5. The summed E-state index contributed by atoms with van der Waals surface area (Å²) in [5, 5.41) is 47.3. The lowest BCUT2D eigenvalue weighted by atomic mass is 9.58. The predicted molar refractivity (Wildman–Crippen MR) is 150 cm³/mol. The van der Waals surface area contributed by atoms with E-state index in [9.17, 15) is 39.6 Å². The van der Waals surface area contributed by atoms with Crippen LogP contribution in [0.25, 0.3) is 0 Å². The van der Waals surface area contributed by atoms with E-state index in [1.54, 1.807) is 34.0 Å². The Morgan fingerprint density at radius 3 is 2.38 bits per heavy atom. The molecule has 4 unspecified atom stereocenters. The fourth-order valence-electron chi connectivity index (χ4n) is 5.74. The molecule has 0 saturated carbocycles. The van der Waals surface area contributed by atoms with Gasteiger partial charge in [-0.15, -0.1) is 17.0 Å². The number of anilines is 1. The number of amides is 2. The topological polar surface area (TPSA) is 190 Å². The summed E-state index contributed by atoms with van der Waals surface area (Å²) >= 11 is 3.33.